The van der Waals surface area contributed by atoms with E-state index in [2.05, 4.69) is 0 Å². The Morgan fingerprint density at radius 3 is 1.42 bits per heavy atom. The molecule has 0 saturated carbocycles. The van der Waals surface area contributed by atoms with Crippen LogP contribution in [-0.2, 0) is 83.3 Å². The summed E-state index contributed by atoms with van der Waals surface area (Å²) < 4.78 is 69.4. The molecule has 2 heterocycles. The lowest BCUT2D eigenvalue weighted by atomic mass is 9.96. The number of aliphatic hydroxyl groups excluding tert-OH is 1. The third kappa shape index (κ3) is 13.6. The first-order chi connectivity index (χ1) is 31.9. The molecule has 5 aromatic carbocycles. The van der Waals surface area contributed by atoms with E-state index in [1.54, 1.807) is 30.3 Å². The molecular formula is C51H56O14. The number of ether oxygens (including phenoxy) is 11. The van der Waals surface area contributed by atoms with Crippen molar-refractivity contribution in [1.82, 2.24) is 0 Å². The summed E-state index contributed by atoms with van der Waals surface area (Å²) >= 11 is 0. The molecule has 2 fully saturated rings. The van der Waals surface area contributed by atoms with Gasteiger partial charge in [-0.05, 0) is 34.4 Å². The van der Waals surface area contributed by atoms with Gasteiger partial charge in [-0.25, -0.2) is 9.59 Å². The Hall–Kier alpha value is -5.36. The van der Waals surface area contributed by atoms with Crippen molar-refractivity contribution in [2.45, 2.75) is 87.8 Å². The second-order valence-corrected chi connectivity index (χ2v) is 15.5. The zero-order valence-corrected chi connectivity index (χ0v) is 36.4. The average Bonchev–Trinajstić information content (AvgIpc) is 3.36. The van der Waals surface area contributed by atoms with Crippen LogP contribution in [0.3, 0.4) is 0 Å². The smallest absolute Gasteiger partial charge is 0.338 e. The van der Waals surface area contributed by atoms with Crippen molar-refractivity contribution in [2.75, 3.05) is 34.0 Å². The van der Waals surface area contributed by atoms with Crippen LogP contribution in [0, 0.1) is 0 Å². The minimum atomic E-state index is -1.37. The molecule has 1 N–H and O–H groups in total. The van der Waals surface area contributed by atoms with Crippen molar-refractivity contribution in [2.24, 2.45) is 0 Å². The van der Waals surface area contributed by atoms with Gasteiger partial charge in [-0.15, -0.1) is 0 Å². The first kappa shape index (κ1) is 47.6. The van der Waals surface area contributed by atoms with Gasteiger partial charge in [-0.1, -0.05) is 140 Å². The Bertz CT molecular complexity index is 2130. The second-order valence-electron chi connectivity index (χ2n) is 15.5. The number of carbonyl (C=O) groups excluding carboxylic acids is 2. The van der Waals surface area contributed by atoms with E-state index in [-0.39, 0.29) is 46.2 Å². The summed E-state index contributed by atoms with van der Waals surface area (Å²) in [7, 11) is 2.77. The van der Waals surface area contributed by atoms with Crippen molar-refractivity contribution in [1.29, 1.82) is 0 Å². The maximum absolute atomic E-state index is 13.3. The number of aliphatic hydroxyl groups is 1. The summed E-state index contributed by atoms with van der Waals surface area (Å²) in [6.45, 7) is -0.398. The maximum atomic E-state index is 13.3. The SMILES string of the molecule is COC(=O)COC[C@H]1O[C@@H](OC)[C@H](OCc2ccccc2)[C@@H](OCc2ccccc2)[C@@H]1O[C@@H]1O[C@H](COC(=O)c2ccccc2)[C@H](O)[C@H](OCc2ccccc2)[C@H]1OCc1ccccc1. The van der Waals surface area contributed by atoms with Crippen LogP contribution in [0.1, 0.15) is 32.6 Å². The highest BCUT2D eigenvalue weighted by molar-refractivity contribution is 5.89. The molecule has 14 nitrogen and oxygen atoms in total. The van der Waals surface area contributed by atoms with E-state index in [4.69, 9.17) is 52.1 Å². The Morgan fingerprint density at radius 2 is 0.938 bits per heavy atom. The number of rotatable bonds is 22. The lowest BCUT2D eigenvalue weighted by Gasteiger charge is -2.49. The third-order valence-electron chi connectivity index (χ3n) is 11.0. The van der Waals surface area contributed by atoms with Gasteiger partial charge in [0.15, 0.2) is 12.6 Å². The van der Waals surface area contributed by atoms with E-state index < -0.39 is 73.4 Å². The predicted molar refractivity (Wildman–Crippen MR) is 235 cm³/mol. The number of hydrogen-bond acceptors (Lipinski definition) is 14. The van der Waals surface area contributed by atoms with Crippen LogP contribution < -0.4 is 0 Å². The number of hydrogen-bond donors (Lipinski definition) is 1. The van der Waals surface area contributed by atoms with Crippen molar-refractivity contribution in [3.63, 3.8) is 0 Å². The minimum Gasteiger partial charge on any atom is -0.467 e. The lowest BCUT2D eigenvalue weighted by molar-refractivity contribution is -0.372. The van der Waals surface area contributed by atoms with Crippen LogP contribution in [0.15, 0.2) is 152 Å². The molecule has 7 rings (SSSR count). The van der Waals surface area contributed by atoms with Crippen LogP contribution in [0.5, 0.6) is 0 Å². The highest BCUT2D eigenvalue weighted by Gasteiger charge is 2.54. The Morgan fingerprint density at radius 1 is 0.508 bits per heavy atom. The van der Waals surface area contributed by atoms with Gasteiger partial charge in [0, 0.05) is 7.11 Å². The minimum absolute atomic E-state index is 0.0929. The van der Waals surface area contributed by atoms with Crippen LogP contribution in [0.25, 0.3) is 0 Å². The molecule has 0 spiro atoms. The molecule has 65 heavy (non-hydrogen) atoms. The largest absolute Gasteiger partial charge is 0.467 e. The fourth-order valence-electron chi connectivity index (χ4n) is 7.59. The summed E-state index contributed by atoms with van der Waals surface area (Å²) in [6.07, 6.45) is -10.9. The quantitative estimate of drug-likeness (QED) is 0.0782. The van der Waals surface area contributed by atoms with Gasteiger partial charge >= 0.3 is 11.9 Å². The molecule has 10 atom stereocenters. The lowest BCUT2D eigenvalue weighted by Crippen LogP contribution is -2.66. The van der Waals surface area contributed by atoms with Gasteiger partial charge < -0.3 is 57.2 Å². The van der Waals surface area contributed by atoms with Gasteiger partial charge in [0.2, 0.25) is 0 Å². The van der Waals surface area contributed by atoms with Gasteiger partial charge in [-0.2, -0.15) is 0 Å². The molecule has 2 saturated heterocycles. The van der Waals surface area contributed by atoms with E-state index >= 15 is 0 Å². The molecular weight excluding hydrogens is 837 g/mol. The van der Waals surface area contributed by atoms with E-state index in [9.17, 15) is 14.7 Å². The molecule has 0 bridgehead atoms. The zero-order valence-electron chi connectivity index (χ0n) is 36.4. The topological polar surface area (TPSA) is 156 Å². The van der Waals surface area contributed by atoms with Crippen molar-refractivity contribution < 1.29 is 66.8 Å². The second kappa shape index (κ2) is 24.8. The molecule has 5 aromatic rings. The predicted octanol–water partition coefficient (Wildman–Crippen LogP) is 6.22. The monoisotopic (exact) mass is 892 g/mol. The van der Waals surface area contributed by atoms with E-state index in [1.807, 2.05) is 121 Å². The Balaban J connectivity index is 1.26. The summed E-state index contributed by atoms with van der Waals surface area (Å²) in [6, 6.07) is 46.8. The fourth-order valence-corrected chi connectivity index (χ4v) is 7.59. The Kier molecular flexibility index (Phi) is 18.2. The molecule has 0 aliphatic carbocycles. The normalized spacial score (nSPS) is 25.4. The number of benzene rings is 5. The van der Waals surface area contributed by atoms with E-state index in [1.165, 1.54) is 14.2 Å². The van der Waals surface area contributed by atoms with Gasteiger partial charge in [0.05, 0.1) is 45.7 Å². The summed E-state index contributed by atoms with van der Waals surface area (Å²) in [4.78, 5) is 25.5. The van der Waals surface area contributed by atoms with Crippen LogP contribution in [-0.4, -0.2) is 112 Å². The van der Waals surface area contributed by atoms with E-state index in [0.717, 1.165) is 22.3 Å². The molecule has 0 radical (unpaired) electrons. The highest BCUT2D eigenvalue weighted by atomic mass is 16.8. The van der Waals surface area contributed by atoms with Crippen molar-refractivity contribution in [3.05, 3.63) is 179 Å². The molecule has 344 valence electrons. The first-order valence-electron chi connectivity index (χ1n) is 21.6. The molecule has 2 aliphatic heterocycles. The van der Waals surface area contributed by atoms with Crippen LogP contribution in [0.4, 0.5) is 0 Å². The number of carbonyl (C=O) groups is 2. The first-order valence-corrected chi connectivity index (χ1v) is 21.6. The summed E-state index contributed by atoms with van der Waals surface area (Å²) in [5.74, 6) is -1.20. The van der Waals surface area contributed by atoms with E-state index in [0.29, 0.717) is 5.56 Å². The van der Waals surface area contributed by atoms with Gasteiger partial charge in [0.25, 0.3) is 0 Å². The van der Waals surface area contributed by atoms with Crippen LogP contribution in [0.2, 0.25) is 0 Å². The van der Waals surface area contributed by atoms with Gasteiger partial charge in [-0.3, -0.25) is 0 Å². The molecule has 0 aromatic heterocycles. The molecule has 0 amide bonds. The van der Waals surface area contributed by atoms with Crippen LogP contribution >= 0.6 is 0 Å². The maximum Gasteiger partial charge on any atom is 0.338 e. The number of esters is 2. The zero-order chi connectivity index (χ0) is 45.2. The average molecular weight is 893 g/mol. The highest BCUT2D eigenvalue weighted by Crippen LogP contribution is 2.36. The van der Waals surface area contributed by atoms with Gasteiger partial charge in [0.1, 0.15) is 62.0 Å². The molecule has 14 heteroatoms. The molecule has 2 aliphatic rings. The fraction of sp³-hybridized carbons (Fsp3) is 0.373. The third-order valence-corrected chi connectivity index (χ3v) is 11.0. The standard InChI is InChI=1S/C51H56O14/c1-55-42(52)34-57-32-41-44(46(59-29-36-20-10-4-11-21-36)48(50(56-2)64-41)61-31-38-24-14-6-15-25-38)65-51-47(60-30-37-22-12-5-13-23-37)45(58-28-35-18-8-3-9-19-35)43(53)40(63-51)33-62-49(54)39-26-16-7-17-27-39/h3-27,40-41,43-48,50-51,53H,28-34H2,1-2H3/t40-,41-,43+,44-,45+,46+,47-,48-,50-,51+/m1/s1. The summed E-state index contributed by atoms with van der Waals surface area (Å²) in [5.41, 5.74) is 3.80. The summed E-state index contributed by atoms with van der Waals surface area (Å²) in [5, 5.41) is 12.1. The Labute approximate surface area is 379 Å². The number of methoxy groups -OCH3 is 2. The van der Waals surface area contributed by atoms with Crippen molar-refractivity contribution in [3.8, 4) is 0 Å². The molecule has 0 unspecified atom stereocenters. The van der Waals surface area contributed by atoms with Crippen molar-refractivity contribution >= 4 is 11.9 Å².